The predicted molar refractivity (Wildman–Crippen MR) is 178 cm³/mol. The lowest BCUT2D eigenvalue weighted by molar-refractivity contribution is -0.161. The van der Waals surface area contributed by atoms with Crippen molar-refractivity contribution < 1.29 is 34.2 Å². The number of amides is 3. The minimum Gasteiger partial charge on any atom is -0.480 e. The van der Waals surface area contributed by atoms with Crippen LogP contribution in [0, 0.1) is 0 Å². The summed E-state index contributed by atoms with van der Waals surface area (Å²) >= 11 is 1.38. The van der Waals surface area contributed by atoms with Gasteiger partial charge in [-0.05, 0) is 50.5 Å². The minimum atomic E-state index is -1.07. The number of nitrogens with two attached hydrogens (primary N) is 2. The molecule has 3 aromatic carbocycles. The molecule has 0 aromatic heterocycles. The summed E-state index contributed by atoms with van der Waals surface area (Å²) in [5, 5.41) is 21.0. The van der Waals surface area contributed by atoms with E-state index in [1.165, 1.54) is 28.5 Å². The highest BCUT2D eigenvalue weighted by Gasteiger charge is 2.64. The smallest absolute Gasteiger partial charge is 0.327 e. The van der Waals surface area contributed by atoms with Gasteiger partial charge in [-0.15, -0.1) is 11.8 Å². The number of β-lactam (4-membered cyclic amide) rings is 1. The van der Waals surface area contributed by atoms with Gasteiger partial charge in [-0.25, -0.2) is 9.59 Å². The van der Waals surface area contributed by atoms with Crippen LogP contribution in [-0.4, -0.2) is 79.1 Å². The molecule has 6 atom stereocenters. The van der Waals surface area contributed by atoms with E-state index in [4.69, 9.17) is 11.5 Å². The number of anilines is 1. The van der Waals surface area contributed by atoms with E-state index in [9.17, 15) is 34.2 Å². The highest BCUT2D eigenvalue weighted by Crippen LogP contribution is 2.50. The van der Waals surface area contributed by atoms with Crippen molar-refractivity contribution in [2.45, 2.75) is 67.5 Å². The second-order valence-corrected chi connectivity index (χ2v) is 13.6. The van der Waals surface area contributed by atoms with E-state index in [2.05, 4.69) is 5.32 Å². The summed E-state index contributed by atoms with van der Waals surface area (Å²) in [4.78, 5) is 62.8. The third kappa shape index (κ3) is 7.81. The third-order valence-corrected chi connectivity index (χ3v) is 9.62. The van der Waals surface area contributed by atoms with Crippen molar-refractivity contribution in [2.75, 3.05) is 4.90 Å². The van der Waals surface area contributed by atoms with Crippen LogP contribution in [0.25, 0.3) is 0 Å². The summed E-state index contributed by atoms with van der Waals surface area (Å²) in [7, 11) is 0. The van der Waals surface area contributed by atoms with Gasteiger partial charge in [-0.2, -0.15) is 0 Å². The van der Waals surface area contributed by atoms with Gasteiger partial charge in [-0.1, -0.05) is 78.9 Å². The van der Waals surface area contributed by atoms with Crippen molar-refractivity contribution in [3.63, 3.8) is 0 Å². The zero-order valence-electron chi connectivity index (χ0n) is 26.2. The highest BCUT2D eigenvalue weighted by atomic mass is 32.2. The third-order valence-electron chi connectivity index (χ3n) is 8.05. The lowest BCUT2D eigenvalue weighted by Gasteiger charge is -2.43. The first-order valence-electron chi connectivity index (χ1n) is 15.0. The number of rotatable bonds is 10. The van der Waals surface area contributed by atoms with Crippen molar-refractivity contribution in [2.24, 2.45) is 11.5 Å². The Bertz CT molecular complexity index is 1590. The summed E-state index contributed by atoms with van der Waals surface area (Å²) in [5.41, 5.74) is 14.1. The van der Waals surface area contributed by atoms with Crippen LogP contribution in [0.1, 0.15) is 37.9 Å². The molecule has 13 heteroatoms. The summed E-state index contributed by atoms with van der Waals surface area (Å²) in [6, 6.07) is 22.7. The zero-order chi connectivity index (χ0) is 34.5. The second kappa shape index (κ2) is 14.8. The van der Waals surface area contributed by atoms with E-state index in [0.717, 1.165) is 5.56 Å². The van der Waals surface area contributed by atoms with Gasteiger partial charge in [-0.3, -0.25) is 19.3 Å². The molecular formula is C34H39N5O7S. The van der Waals surface area contributed by atoms with Gasteiger partial charge in [0.1, 0.15) is 29.5 Å². The Hall–Kier alpha value is -4.72. The molecule has 12 nitrogen and oxygen atoms in total. The van der Waals surface area contributed by atoms with E-state index < -0.39 is 58.7 Å². The van der Waals surface area contributed by atoms with Crippen molar-refractivity contribution >= 4 is 47.1 Å². The van der Waals surface area contributed by atoms with Crippen LogP contribution < -0.4 is 21.7 Å². The summed E-state index contributed by atoms with van der Waals surface area (Å²) in [5.74, 6) is -3.34. The number of carboxylic acid groups (broad SMARTS) is 2. The highest BCUT2D eigenvalue weighted by molar-refractivity contribution is 8.01. The zero-order valence-corrected chi connectivity index (χ0v) is 27.0. The molecule has 0 spiro atoms. The molecule has 3 amide bonds. The molecule has 0 saturated carbocycles. The average Bonchev–Trinajstić information content (AvgIpc) is 3.32. The normalized spacial score (nSPS) is 21.1. The standard InChI is InChI=1S/C18H20N2O3.C16H19N3O4S/c1-13(18(22)23)20(15-10-6-3-7-11-15)17(21)16(19)12-14-8-4-2-5-9-14;1-16(2)11(15(22)23)19-13(21)10(14(19)24-16)18-12(20)9(17)8-6-4-3-5-7-8/h2-11,13,16H,12,19H2,1H3,(H,22,23);3-7,9-11,14H,17H2,1-2H3,(H,18,20)(H,22,23)/t;9-,10-,11+,14-/m.1/s1. The fourth-order valence-corrected chi connectivity index (χ4v) is 7.20. The number of nitrogens with zero attached hydrogens (tertiary/aromatic N) is 2. The average molecular weight is 662 g/mol. The van der Waals surface area contributed by atoms with Crippen LogP contribution in [0.5, 0.6) is 0 Å². The molecule has 0 aliphatic carbocycles. The minimum absolute atomic E-state index is 0.356. The van der Waals surface area contributed by atoms with Crippen LogP contribution in [0.4, 0.5) is 5.69 Å². The van der Waals surface area contributed by atoms with Gasteiger partial charge in [0.15, 0.2) is 0 Å². The molecule has 2 heterocycles. The van der Waals surface area contributed by atoms with Crippen molar-refractivity contribution in [3.05, 3.63) is 102 Å². The number of carboxylic acids is 2. The molecule has 47 heavy (non-hydrogen) atoms. The molecule has 3 aromatic rings. The van der Waals surface area contributed by atoms with Gasteiger partial charge < -0.3 is 31.9 Å². The van der Waals surface area contributed by atoms with Crippen molar-refractivity contribution in [1.82, 2.24) is 10.2 Å². The number of para-hydroxylation sites is 1. The number of thioether (sulfide) groups is 1. The SMILES string of the molecule is CC(C(=O)O)N(C(=O)C(N)Cc1ccccc1)c1ccccc1.CC1(C)S[C@@H]2[C@H](NC(=O)[C@H](N)c3ccccc3)C(=O)N2[C@H]1C(=O)O. The molecule has 2 unspecified atom stereocenters. The molecule has 0 bridgehead atoms. The fourth-order valence-electron chi connectivity index (χ4n) is 5.57. The van der Waals surface area contributed by atoms with Crippen molar-refractivity contribution in [1.29, 1.82) is 0 Å². The lowest BCUT2D eigenvalue weighted by atomic mass is 9.95. The van der Waals surface area contributed by atoms with Gasteiger partial charge in [0.2, 0.25) is 17.7 Å². The molecular weight excluding hydrogens is 622 g/mol. The number of benzene rings is 3. The second-order valence-electron chi connectivity index (χ2n) is 11.8. The Kier molecular flexibility index (Phi) is 11.1. The number of fused-ring (bicyclic) bond motifs is 1. The number of carbonyl (C=O) groups excluding carboxylic acids is 3. The van der Waals surface area contributed by atoms with Gasteiger partial charge in [0, 0.05) is 10.4 Å². The van der Waals surface area contributed by atoms with Gasteiger partial charge >= 0.3 is 11.9 Å². The van der Waals surface area contributed by atoms with Crippen LogP contribution in [0.3, 0.4) is 0 Å². The number of aliphatic carboxylic acids is 2. The Morgan fingerprint density at radius 1 is 0.915 bits per heavy atom. The molecule has 2 saturated heterocycles. The molecule has 248 valence electrons. The van der Waals surface area contributed by atoms with Crippen LogP contribution in [0.2, 0.25) is 0 Å². The topological polar surface area (TPSA) is 196 Å². The first-order valence-corrected chi connectivity index (χ1v) is 15.9. The summed E-state index contributed by atoms with van der Waals surface area (Å²) in [6.07, 6.45) is 0.356. The predicted octanol–water partition coefficient (Wildman–Crippen LogP) is 2.38. The molecule has 7 N–H and O–H groups in total. The van der Waals surface area contributed by atoms with E-state index in [0.29, 0.717) is 17.7 Å². The van der Waals surface area contributed by atoms with E-state index in [1.807, 2.05) is 42.5 Å². The summed E-state index contributed by atoms with van der Waals surface area (Å²) < 4.78 is -0.618. The Labute approximate surface area is 277 Å². The van der Waals surface area contributed by atoms with Crippen LogP contribution in [0.15, 0.2) is 91.0 Å². The summed E-state index contributed by atoms with van der Waals surface area (Å²) in [6.45, 7) is 5.05. The number of hydrogen-bond donors (Lipinski definition) is 5. The van der Waals surface area contributed by atoms with Gasteiger partial charge in [0.05, 0.1) is 6.04 Å². The van der Waals surface area contributed by atoms with Crippen molar-refractivity contribution in [3.8, 4) is 0 Å². The molecule has 2 aliphatic rings. The maximum atomic E-state index is 12.7. The van der Waals surface area contributed by atoms with Crippen LogP contribution in [-0.2, 0) is 30.4 Å². The molecule has 2 fully saturated rings. The Morgan fingerprint density at radius 3 is 1.98 bits per heavy atom. The molecule has 5 rings (SSSR count). The Morgan fingerprint density at radius 2 is 1.45 bits per heavy atom. The van der Waals surface area contributed by atoms with E-state index in [-0.39, 0.29) is 11.3 Å². The maximum absolute atomic E-state index is 12.7. The molecule has 0 radical (unpaired) electrons. The number of hydrogen-bond acceptors (Lipinski definition) is 8. The van der Waals surface area contributed by atoms with E-state index in [1.54, 1.807) is 62.4 Å². The fraction of sp³-hybridized carbons (Fsp3) is 0.324. The van der Waals surface area contributed by atoms with Gasteiger partial charge in [0.25, 0.3) is 0 Å². The Balaban J connectivity index is 0.000000213. The molecule has 2 aliphatic heterocycles. The monoisotopic (exact) mass is 661 g/mol. The first kappa shape index (κ1) is 35.1. The maximum Gasteiger partial charge on any atom is 0.327 e. The lowest BCUT2D eigenvalue weighted by Crippen LogP contribution is -2.71. The number of carbonyl (C=O) groups is 5. The number of nitrogens with one attached hydrogen (secondary N) is 1. The largest absolute Gasteiger partial charge is 0.480 e. The van der Waals surface area contributed by atoms with Crippen LogP contribution >= 0.6 is 11.8 Å². The quantitative estimate of drug-likeness (QED) is 0.201. The van der Waals surface area contributed by atoms with E-state index >= 15 is 0 Å². The first-order chi connectivity index (χ1) is 22.2.